The van der Waals surface area contributed by atoms with Crippen LogP contribution in [0.1, 0.15) is 22.3 Å². The number of carbonyl (C=O) groups excluding carboxylic acids is 1. The number of hydrogen-bond acceptors (Lipinski definition) is 5. The Morgan fingerprint density at radius 1 is 1.53 bits per heavy atom. The van der Waals surface area contributed by atoms with Crippen molar-refractivity contribution in [1.82, 2.24) is 15.2 Å². The van der Waals surface area contributed by atoms with E-state index in [0.29, 0.717) is 15.7 Å². The third-order valence-electron chi connectivity index (χ3n) is 2.01. The van der Waals surface area contributed by atoms with Gasteiger partial charge in [-0.05, 0) is 12.5 Å². The molecule has 2 rings (SSSR count). The van der Waals surface area contributed by atoms with Gasteiger partial charge in [-0.1, -0.05) is 29.9 Å². The normalized spacial score (nSPS) is 10.2. The first-order valence-corrected chi connectivity index (χ1v) is 6.13. The fourth-order valence-corrected chi connectivity index (χ4v) is 2.05. The summed E-state index contributed by atoms with van der Waals surface area (Å²) in [5.74, 6) is -0.309. The number of nitrogens with one attached hydrogen (secondary N) is 1. The van der Waals surface area contributed by atoms with Crippen LogP contribution in [0.3, 0.4) is 0 Å². The van der Waals surface area contributed by atoms with E-state index in [2.05, 4.69) is 20.5 Å². The minimum atomic E-state index is -0.309. The smallest absolute Gasteiger partial charge is 0.259 e. The SMILES string of the molecule is CCc1nnc(NC(=O)c2ccncc2Cl)s1. The zero-order chi connectivity index (χ0) is 12.3. The summed E-state index contributed by atoms with van der Waals surface area (Å²) in [6, 6.07) is 1.55. The first-order chi connectivity index (χ1) is 8.20. The van der Waals surface area contributed by atoms with Crippen LogP contribution in [0.2, 0.25) is 5.02 Å². The third kappa shape index (κ3) is 2.78. The number of halogens is 1. The highest BCUT2D eigenvalue weighted by atomic mass is 35.5. The van der Waals surface area contributed by atoms with Crippen LogP contribution in [0.5, 0.6) is 0 Å². The summed E-state index contributed by atoms with van der Waals surface area (Å²) in [4.78, 5) is 15.7. The molecule has 0 saturated heterocycles. The van der Waals surface area contributed by atoms with Crippen LogP contribution in [0.4, 0.5) is 5.13 Å². The number of pyridine rings is 1. The Morgan fingerprint density at radius 2 is 2.35 bits per heavy atom. The number of aryl methyl sites for hydroxylation is 1. The average Bonchev–Trinajstić information content (AvgIpc) is 2.77. The molecule has 7 heteroatoms. The van der Waals surface area contributed by atoms with Crippen LogP contribution in [0.15, 0.2) is 18.5 Å². The van der Waals surface area contributed by atoms with E-state index in [1.54, 1.807) is 6.07 Å². The molecule has 0 aliphatic heterocycles. The van der Waals surface area contributed by atoms with E-state index in [4.69, 9.17) is 11.6 Å². The maximum absolute atomic E-state index is 11.8. The van der Waals surface area contributed by atoms with Crippen LogP contribution < -0.4 is 5.32 Å². The predicted molar refractivity (Wildman–Crippen MR) is 66.5 cm³/mol. The fourth-order valence-electron chi connectivity index (χ4n) is 1.17. The molecule has 88 valence electrons. The minimum absolute atomic E-state index is 0.309. The molecule has 0 atom stereocenters. The summed E-state index contributed by atoms with van der Waals surface area (Å²) >= 11 is 7.21. The van der Waals surface area contributed by atoms with Gasteiger partial charge in [-0.3, -0.25) is 15.1 Å². The summed E-state index contributed by atoms with van der Waals surface area (Å²) in [5.41, 5.74) is 0.370. The van der Waals surface area contributed by atoms with Crippen molar-refractivity contribution in [3.8, 4) is 0 Å². The van der Waals surface area contributed by atoms with Crippen molar-refractivity contribution >= 4 is 34.0 Å². The van der Waals surface area contributed by atoms with Gasteiger partial charge < -0.3 is 0 Å². The molecular formula is C10H9ClN4OS. The summed E-state index contributed by atoms with van der Waals surface area (Å²) in [6.45, 7) is 1.98. The lowest BCUT2D eigenvalue weighted by atomic mass is 10.2. The molecule has 5 nitrogen and oxygen atoms in total. The zero-order valence-electron chi connectivity index (χ0n) is 8.98. The van der Waals surface area contributed by atoms with E-state index in [1.807, 2.05) is 6.92 Å². The molecule has 0 aliphatic carbocycles. The van der Waals surface area contributed by atoms with Crippen LogP contribution in [-0.2, 0) is 6.42 Å². The van der Waals surface area contributed by atoms with Gasteiger partial charge in [0.1, 0.15) is 5.01 Å². The Kier molecular flexibility index (Phi) is 3.65. The fraction of sp³-hybridized carbons (Fsp3) is 0.200. The predicted octanol–water partition coefficient (Wildman–Crippen LogP) is 2.40. The highest BCUT2D eigenvalue weighted by Crippen LogP contribution is 2.19. The molecule has 0 saturated carbocycles. The summed E-state index contributed by atoms with van der Waals surface area (Å²) < 4.78 is 0. The second-order valence-electron chi connectivity index (χ2n) is 3.16. The second kappa shape index (κ2) is 5.20. The monoisotopic (exact) mass is 268 g/mol. The van der Waals surface area contributed by atoms with Gasteiger partial charge >= 0.3 is 0 Å². The largest absolute Gasteiger partial charge is 0.296 e. The Labute approximate surface area is 107 Å². The van der Waals surface area contributed by atoms with Gasteiger partial charge in [0.2, 0.25) is 5.13 Å². The molecule has 0 aromatic carbocycles. The quantitative estimate of drug-likeness (QED) is 0.928. The van der Waals surface area contributed by atoms with Crippen molar-refractivity contribution in [3.05, 3.63) is 34.1 Å². The molecule has 0 unspecified atom stereocenters. The average molecular weight is 269 g/mol. The molecule has 1 N–H and O–H groups in total. The van der Waals surface area contributed by atoms with Crippen molar-refractivity contribution in [1.29, 1.82) is 0 Å². The molecular weight excluding hydrogens is 260 g/mol. The highest BCUT2D eigenvalue weighted by molar-refractivity contribution is 7.15. The Morgan fingerprint density at radius 3 is 3.00 bits per heavy atom. The van der Waals surface area contributed by atoms with E-state index >= 15 is 0 Å². The zero-order valence-corrected chi connectivity index (χ0v) is 10.5. The molecule has 0 spiro atoms. The highest BCUT2D eigenvalue weighted by Gasteiger charge is 2.12. The molecule has 17 heavy (non-hydrogen) atoms. The Bertz CT molecular complexity index is 543. The van der Waals surface area contributed by atoms with Crippen LogP contribution in [0, 0.1) is 0 Å². The molecule has 2 heterocycles. The minimum Gasteiger partial charge on any atom is -0.296 e. The van der Waals surface area contributed by atoms with Crippen molar-refractivity contribution in [2.24, 2.45) is 0 Å². The third-order valence-corrected chi connectivity index (χ3v) is 3.29. The van der Waals surface area contributed by atoms with Crippen LogP contribution >= 0.6 is 22.9 Å². The van der Waals surface area contributed by atoms with E-state index < -0.39 is 0 Å². The lowest BCUT2D eigenvalue weighted by Crippen LogP contribution is -2.12. The molecule has 1 amide bonds. The van der Waals surface area contributed by atoms with Gasteiger partial charge in [0, 0.05) is 12.4 Å². The number of amides is 1. The lowest BCUT2D eigenvalue weighted by Gasteiger charge is -2.01. The molecule has 2 aromatic rings. The molecule has 0 fully saturated rings. The Hall–Kier alpha value is -1.53. The second-order valence-corrected chi connectivity index (χ2v) is 4.63. The van der Waals surface area contributed by atoms with Gasteiger partial charge in [-0.15, -0.1) is 10.2 Å². The van der Waals surface area contributed by atoms with Gasteiger partial charge in [0.15, 0.2) is 0 Å². The number of aromatic nitrogens is 3. The van der Waals surface area contributed by atoms with E-state index in [1.165, 1.54) is 23.7 Å². The number of rotatable bonds is 3. The maximum Gasteiger partial charge on any atom is 0.259 e. The lowest BCUT2D eigenvalue weighted by molar-refractivity contribution is 0.102. The number of nitrogens with zero attached hydrogens (tertiary/aromatic N) is 3. The summed E-state index contributed by atoms with van der Waals surface area (Å²) in [6.07, 6.45) is 3.73. The molecule has 0 aliphatic rings. The van der Waals surface area contributed by atoms with E-state index in [9.17, 15) is 4.79 Å². The van der Waals surface area contributed by atoms with Crippen molar-refractivity contribution in [2.75, 3.05) is 5.32 Å². The van der Waals surface area contributed by atoms with E-state index in [-0.39, 0.29) is 5.91 Å². The van der Waals surface area contributed by atoms with Crippen molar-refractivity contribution in [2.45, 2.75) is 13.3 Å². The van der Waals surface area contributed by atoms with Gasteiger partial charge in [-0.2, -0.15) is 0 Å². The number of carbonyl (C=O) groups is 1. The van der Waals surface area contributed by atoms with Crippen LogP contribution in [0.25, 0.3) is 0 Å². The Balaban J connectivity index is 2.14. The first-order valence-electron chi connectivity index (χ1n) is 4.94. The summed E-state index contributed by atoms with van der Waals surface area (Å²) in [5, 5.41) is 12.1. The van der Waals surface area contributed by atoms with Crippen molar-refractivity contribution in [3.63, 3.8) is 0 Å². The van der Waals surface area contributed by atoms with Crippen molar-refractivity contribution < 1.29 is 4.79 Å². The molecule has 0 bridgehead atoms. The first kappa shape index (κ1) is 11.9. The van der Waals surface area contributed by atoms with Gasteiger partial charge in [0.25, 0.3) is 5.91 Å². The standard InChI is InChI=1S/C10H9ClN4OS/c1-2-8-14-15-10(17-8)13-9(16)6-3-4-12-5-7(6)11/h3-5H,2H2,1H3,(H,13,15,16). The van der Waals surface area contributed by atoms with Gasteiger partial charge in [-0.25, -0.2) is 0 Å². The topological polar surface area (TPSA) is 67.8 Å². The van der Waals surface area contributed by atoms with E-state index in [0.717, 1.165) is 11.4 Å². The number of anilines is 1. The maximum atomic E-state index is 11.8. The van der Waals surface area contributed by atoms with Gasteiger partial charge in [0.05, 0.1) is 10.6 Å². The number of hydrogen-bond donors (Lipinski definition) is 1. The van der Waals surface area contributed by atoms with Crippen LogP contribution in [-0.4, -0.2) is 21.1 Å². The molecule has 2 aromatic heterocycles. The summed E-state index contributed by atoms with van der Waals surface area (Å²) in [7, 11) is 0. The molecule has 0 radical (unpaired) electrons.